The molecule has 0 bridgehead atoms. The molecule has 3 aromatic carbocycles. The van der Waals surface area contributed by atoms with E-state index in [0.29, 0.717) is 5.56 Å². The van der Waals surface area contributed by atoms with Gasteiger partial charge < -0.3 is 4.74 Å². The fraction of sp³-hybridized carbons (Fsp3) is 0.385. The molecule has 0 saturated carbocycles. The lowest BCUT2D eigenvalue weighted by molar-refractivity contribution is -0.276. The van der Waals surface area contributed by atoms with E-state index >= 15 is 0 Å². The molecule has 1 aliphatic rings. The first kappa shape index (κ1) is 22.6. The number of hydrogen-bond donors (Lipinski definition) is 0. The highest BCUT2D eigenvalue weighted by molar-refractivity contribution is 5.87. The van der Waals surface area contributed by atoms with Crippen LogP contribution in [0.4, 0.5) is 22.0 Å². The van der Waals surface area contributed by atoms with Gasteiger partial charge in [-0.2, -0.15) is 0 Å². The standard InChI is InChI=1S/C26H25F5O/c1-2-3-4-8-17-11-12-20-19-9-6-5-7-16(19)10-13-21(20)24(17)18-14-22(27)25(23(28)15-18)32-26(29,30)31/h5-7,9-10,13-15,17,24H,2-4,8,11-12H2,1H3/t17-,24-/m1/s1. The first-order chi connectivity index (χ1) is 15.3. The Morgan fingerprint density at radius 2 is 1.69 bits per heavy atom. The minimum Gasteiger partial charge on any atom is -0.399 e. The van der Waals surface area contributed by atoms with Crippen molar-refractivity contribution in [1.82, 2.24) is 0 Å². The van der Waals surface area contributed by atoms with Gasteiger partial charge in [-0.05, 0) is 64.8 Å². The van der Waals surface area contributed by atoms with Gasteiger partial charge in [0.25, 0.3) is 0 Å². The van der Waals surface area contributed by atoms with E-state index in [-0.39, 0.29) is 11.8 Å². The van der Waals surface area contributed by atoms with Gasteiger partial charge >= 0.3 is 6.36 Å². The molecular weight excluding hydrogens is 423 g/mol. The molecule has 0 heterocycles. The number of benzene rings is 3. The van der Waals surface area contributed by atoms with Crippen LogP contribution in [0.1, 0.15) is 61.6 Å². The lowest BCUT2D eigenvalue weighted by atomic mass is 9.69. The van der Waals surface area contributed by atoms with E-state index in [4.69, 9.17) is 0 Å². The van der Waals surface area contributed by atoms with Crippen LogP contribution >= 0.6 is 0 Å². The summed E-state index contributed by atoms with van der Waals surface area (Å²) < 4.78 is 70.5. The van der Waals surface area contributed by atoms with E-state index < -0.39 is 23.7 Å². The highest BCUT2D eigenvalue weighted by Gasteiger charge is 2.36. The third-order valence-corrected chi connectivity index (χ3v) is 6.42. The summed E-state index contributed by atoms with van der Waals surface area (Å²) in [7, 11) is 0. The summed E-state index contributed by atoms with van der Waals surface area (Å²) in [5, 5.41) is 2.21. The zero-order chi connectivity index (χ0) is 22.9. The lowest BCUT2D eigenvalue weighted by Gasteiger charge is -2.35. The van der Waals surface area contributed by atoms with Crippen LogP contribution in [0.15, 0.2) is 48.5 Å². The Kier molecular flexibility index (Phi) is 6.40. The van der Waals surface area contributed by atoms with Crippen molar-refractivity contribution >= 4 is 10.8 Å². The van der Waals surface area contributed by atoms with Crippen molar-refractivity contribution < 1.29 is 26.7 Å². The van der Waals surface area contributed by atoms with Gasteiger partial charge in [-0.1, -0.05) is 62.6 Å². The number of aryl methyl sites for hydroxylation is 1. The average Bonchev–Trinajstić information content (AvgIpc) is 2.75. The largest absolute Gasteiger partial charge is 0.573 e. The van der Waals surface area contributed by atoms with Crippen LogP contribution in [0, 0.1) is 17.6 Å². The lowest BCUT2D eigenvalue weighted by Crippen LogP contribution is -2.23. The summed E-state index contributed by atoms with van der Waals surface area (Å²) in [4.78, 5) is 0. The van der Waals surface area contributed by atoms with E-state index in [2.05, 4.69) is 11.7 Å². The molecule has 0 spiro atoms. The fourth-order valence-electron chi connectivity index (χ4n) is 5.07. The van der Waals surface area contributed by atoms with Gasteiger partial charge in [0.2, 0.25) is 5.75 Å². The quantitative estimate of drug-likeness (QED) is 0.272. The van der Waals surface area contributed by atoms with Crippen LogP contribution in [0.5, 0.6) is 5.75 Å². The predicted molar refractivity (Wildman–Crippen MR) is 115 cm³/mol. The second-order valence-corrected chi connectivity index (χ2v) is 8.49. The van der Waals surface area contributed by atoms with Gasteiger partial charge in [-0.3, -0.25) is 0 Å². The van der Waals surface area contributed by atoms with Crippen LogP contribution in [0.2, 0.25) is 0 Å². The Hall–Kier alpha value is -2.63. The Morgan fingerprint density at radius 1 is 0.969 bits per heavy atom. The van der Waals surface area contributed by atoms with E-state index in [1.54, 1.807) is 0 Å². The van der Waals surface area contributed by atoms with E-state index in [9.17, 15) is 22.0 Å². The second kappa shape index (κ2) is 9.08. The smallest absolute Gasteiger partial charge is 0.399 e. The zero-order valence-corrected chi connectivity index (χ0v) is 17.8. The molecule has 0 saturated heterocycles. The zero-order valence-electron chi connectivity index (χ0n) is 17.8. The van der Waals surface area contributed by atoms with E-state index in [1.807, 2.05) is 36.4 Å². The SMILES string of the molecule is CCCCC[C@@H]1CCc2c(ccc3ccccc23)[C@H]1c1cc(F)c(OC(F)(F)F)c(F)c1. The Morgan fingerprint density at radius 3 is 2.38 bits per heavy atom. The second-order valence-electron chi connectivity index (χ2n) is 8.49. The number of unbranched alkanes of at least 4 members (excludes halogenated alkanes) is 2. The minimum atomic E-state index is -5.16. The van der Waals surface area contributed by atoms with Crippen LogP contribution < -0.4 is 4.74 Å². The minimum absolute atomic E-state index is 0.156. The van der Waals surface area contributed by atoms with Crippen LogP contribution in [-0.4, -0.2) is 6.36 Å². The molecule has 6 heteroatoms. The first-order valence-corrected chi connectivity index (χ1v) is 11.0. The van der Waals surface area contributed by atoms with Crippen molar-refractivity contribution in [2.24, 2.45) is 5.92 Å². The maximum atomic E-state index is 14.6. The topological polar surface area (TPSA) is 9.23 Å². The molecule has 0 aromatic heterocycles. The highest BCUT2D eigenvalue weighted by atomic mass is 19.4. The summed E-state index contributed by atoms with van der Waals surface area (Å²) in [5.41, 5.74) is 2.50. The molecule has 0 aliphatic heterocycles. The summed E-state index contributed by atoms with van der Waals surface area (Å²) in [6.07, 6.45) is 0.585. The Labute approximate surface area is 184 Å². The monoisotopic (exact) mass is 448 g/mol. The number of rotatable bonds is 6. The molecule has 1 aliphatic carbocycles. The molecule has 0 fully saturated rings. The molecule has 0 amide bonds. The fourth-order valence-corrected chi connectivity index (χ4v) is 5.07. The van der Waals surface area contributed by atoms with Crippen LogP contribution in [-0.2, 0) is 6.42 Å². The highest BCUT2D eigenvalue weighted by Crippen LogP contribution is 2.46. The number of ether oxygens (including phenoxy) is 1. The van der Waals surface area contributed by atoms with E-state index in [1.165, 1.54) is 0 Å². The maximum Gasteiger partial charge on any atom is 0.573 e. The average molecular weight is 448 g/mol. The van der Waals surface area contributed by atoms with Crippen molar-refractivity contribution in [3.05, 3.63) is 76.9 Å². The van der Waals surface area contributed by atoms with Gasteiger partial charge in [0.05, 0.1) is 0 Å². The van der Waals surface area contributed by atoms with E-state index in [0.717, 1.165) is 72.6 Å². The van der Waals surface area contributed by atoms with Gasteiger partial charge in [0, 0.05) is 5.92 Å². The third-order valence-electron chi connectivity index (χ3n) is 6.42. The predicted octanol–water partition coefficient (Wildman–Crippen LogP) is 8.29. The van der Waals surface area contributed by atoms with Gasteiger partial charge in [-0.15, -0.1) is 13.2 Å². The van der Waals surface area contributed by atoms with Gasteiger partial charge in [-0.25, -0.2) is 8.78 Å². The molecule has 2 atom stereocenters. The van der Waals surface area contributed by atoms with Gasteiger partial charge in [0.15, 0.2) is 11.6 Å². The molecule has 4 rings (SSSR count). The molecule has 170 valence electrons. The van der Waals surface area contributed by atoms with Crippen molar-refractivity contribution in [2.45, 2.75) is 57.7 Å². The normalized spacial score (nSPS) is 18.6. The maximum absolute atomic E-state index is 14.6. The molecular formula is C26H25F5O. The third kappa shape index (κ3) is 4.59. The summed E-state index contributed by atoms with van der Waals surface area (Å²) in [5.74, 6) is -4.21. The van der Waals surface area contributed by atoms with Crippen molar-refractivity contribution in [3.8, 4) is 5.75 Å². The molecule has 3 aromatic rings. The Bertz CT molecular complexity index is 1080. The Balaban J connectivity index is 1.81. The number of alkyl halides is 3. The van der Waals surface area contributed by atoms with Crippen molar-refractivity contribution in [2.75, 3.05) is 0 Å². The molecule has 0 radical (unpaired) electrons. The van der Waals surface area contributed by atoms with Crippen LogP contribution in [0.3, 0.4) is 0 Å². The number of fused-ring (bicyclic) bond motifs is 3. The number of hydrogen-bond acceptors (Lipinski definition) is 1. The van der Waals surface area contributed by atoms with Crippen LogP contribution in [0.25, 0.3) is 10.8 Å². The van der Waals surface area contributed by atoms with Crippen molar-refractivity contribution in [1.29, 1.82) is 0 Å². The van der Waals surface area contributed by atoms with Gasteiger partial charge in [0.1, 0.15) is 0 Å². The molecule has 0 unspecified atom stereocenters. The summed E-state index contributed by atoms with van der Waals surface area (Å²) in [6.45, 7) is 2.11. The molecule has 0 N–H and O–H groups in total. The number of halogens is 5. The van der Waals surface area contributed by atoms with Crippen molar-refractivity contribution in [3.63, 3.8) is 0 Å². The summed E-state index contributed by atoms with van der Waals surface area (Å²) >= 11 is 0. The molecule has 1 nitrogen and oxygen atoms in total. The summed E-state index contributed by atoms with van der Waals surface area (Å²) in [6, 6.07) is 14.0. The molecule has 32 heavy (non-hydrogen) atoms. The first-order valence-electron chi connectivity index (χ1n) is 11.0.